The minimum Gasteiger partial charge on any atom is -0.481 e. The zero-order valence-corrected chi connectivity index (χ0v) is 30.0. The Labute approximate surface area is 300 Å². The molecule has 1 amide bonds. The zero-order valence-electron chi connectivity index (χ0n) is 28.4. The molecule has 1 saturated carbocycles. The van der Waals surface area contributed by atoms with E-state index in [1.54, 1.807) is 11.3 Å². The highest BCUT2D eigenvalue weighted by Crippen LogP contribution is 2.43. The quantitative estimate of drug-likeness (QED) is 0.181. The Bertz CT molecular complexity index is 2130. The van der Waals surface area contributed by atoms with Crippen LogP contribution >= 0.6 is 22.9 Å². The van der Waals surface area contributed by atoms with Gasteiger partial charge in [0.1, 0.15) is 5.01 Å². The molecule has 8 rings (SSSR count). The minimum atomic E-state index is -0.652. The lowest BCUT2D eigenvalue weighted by molar-refractivity contribution is -0.144. The van der Waals surface area contributed by atoms with Crippen molar-refractivity contribution in [2.45, 2.75) is 51.9 Å². The fourth-order valence-electron chi connectivity index (χ4n) is 8.12. The number of halogens is 1. The van der Waals surface area contributed by atoms with Crippen LogP contribution in [-0.2, 0) is 35.6 Å². The van der Waals surface area contributed by atoms with Crippen molar-refractivity contribution in [3.8, 4) is 21.7 Å². The maximum Gasteiger partial charge on any atom is 0.306 e. The van der Waals surface area contributed by atoms with Gasteiger partial charge in [0.05, 0.1) is 47.5 Å². The molecule has 2 aromatic carbocycles. The van der Waals surface area contributed by atoms with Gasteiger partial charge < -0.3 is 14.9 Å². The molecule has 1 aliphatic carbocycles. The number of aliphatic carboxylic acids is 1. The molecular weight excluding hydrogens is 668 g/mol. The number of pyridine rings is 2. The van der Waals surface area contributed by atoms with Gasteiger partial charge in [0, 0.05) is 59.3 Å². The number of likely N-dealkylation sites (N-methyl/N-ethyl adjacent to an activating group) is 1. The second kappa shape index (κ2) is 13.2. The average molecular weight is 707 g/mol. The summed E-state index contributed by atoms with van der Waals surface area (Å²) in [5, 5.41) is 12.2. The Kier molecular flexibility index (Phi) is 8.67. The number of nitrogens with zero attached hydrogens (tertiary/aromatic N) is 6. The highest BCUT2D eigenvalue weighted by molar-refractivity contribution is 7.15. The van der Waals surface area contributed by atoms with Crippen molar-refractivity contribution in [2.75, 3.05) is 27.2 Å². The minimum absolute atomic E-state index is 0.122. The Hall–Kier alpha value is -4.22. The lowest BCUT2D eigenvalue weighted by atomic mass is 9.94. The van der Waals surface area contributed by atoms with Crippen molar-refractivity contribution in [1.29, 1.82) is 0 Å². The van der Waals surface area contributed by atoms with Crippen LogP contribution in [0.1, 0.15) is 45.8 Å². The van der Waals surface area contributed by atoms with Crippen molar-refractivity contribution in [3.63, 3.8) is 0 Å². The van der Waals surface area contributed by atoms with Crippen LogP contribution in [0.15, 0.2) is 60.9 Å². The van der Waals surface area contributed by atoms with Crippen LogP contribution in [-0.4, -0.2) is 79.9 Å². The fourth-order valence-corrected chi connectivity index (χ4v) is 9.59. The molecule has 3 atom stereocenters. The van der Waals surface area contributed by atoms with Gasteiger partial charge in [-0.15, -0.1) is 11.3 Å². The number of aromatic nitrogens is 3. The van der Waals surface area contributed by atoms with Crippen molar-refractivity contribution >= 4 is 45.7 Å². The Morgan fingerprint density at radius 1 is 1.04 bits per heavy atom. The fraction of sp³-hybridized carbons (Fsp3) is 0.359. The number of amides is 1. The molecule has 256 valence electrons. The number of hydrogen-bond donors (Lipinski definition) is 1. The molecule has 3 aromatic heterocycles. The third-order valence-electron chi connectivity index (χ3n) is 10.6. The lowest BCUT2D eigenvalue weighted by Gasteiger charge is -2.29. The van der Waals surface area contributed by atoms with Crippen molar-refractivity contribution in [3.05, 3.63) is 98.9 Å². The van der Waals surface area contributed by atoms with Gasteiger partial charge in [-0.05, 0) is 74.2 Å². The number of carbonyl (C=O) groups is 2. The van der Waals surface area contributed by atoms with Crippen molar-refractivity contribution < 1.29 is 14.7 Å². The summed E-state index contributed by atoms with van der Waals surface area (Å²) in [5.74, 6) is -0.480. The predicted octanol–water partition coefficient (Wildman–Crippen LogP) is 6.67. The summed E-state index contributed by atoms with van der Waals surface area (Å²) >= 11 is 8.86. The van der Waals surface area contributed by atoms with Crippen LogP contribution in [0.5, 0.6) is 0 Å². The summed E-state index contributed by atoms with van der Waals surface area (Å²) in [5.41, 5.74) is 9.06. The molecule has 2 aliphatic heterocycles. The first-order valence-corrected chi connectivity index (χ1v) is 18.3. The van der Waals surface area contributed by atoms with Crippen LogP contribution in [0, 0.1) is 18.8 Å². The number of thiazole rings is 1. The number of likely N-dealkylation sites (tertiary alicyclic amines) is 1. The van der Waals surface area contributed by atoms with Crippen LogP contribution < -0.4 is 0 Å². The van der Waals surface area contributed by atoms with E-state index in [4.69, 9.17) is 26.6 Å². The molecule has 0 radical (unpaired) electrons. The van der Waals surface area contributed by atoms with Gasteiger partial charge in [-0.25, -0.2) is 4.98 Å². The molecule has 3 unspecified atom stereocenters. The number of carboxylic acids is 1. The molecule has 11 heteroatoms. The first-order valence-electron chi connectivity index (χ1n) is 17.1. The van der Waals surface area contributed by atoms with Gasteiger partial charge in [-0.1, -0.05) is 48.0 Å². The summed E-state index contributed by atoms with van der Waals surface area (Å²) in [7, 11) is 3.82. The van der Waals surface area contributed by atoms with Crippen LogP contribution in [0.3, 0.4) is 0 Å². The third-order valence-corrected chi connectivity index (χ3v) is 12.2. The Morgan fingerprint density at radius 3 is 2.60 bits per heavy atom. The van der Waals surface area contributed by atoms with Gasteiger partial charge >= 0.3 is 5.97 Å². The summed E-state index contributed by atoms with van der Waals surface area (Å²) in [6.45, 7) is 5.30. The summed E-state index contributed by atoms with van der Waals surface area (Å²) in [4.78, 5) is 46.1. The van der Waals surface area contributed by atoms with Crippen molar-refractivity contribution in [1.82, 2.24) is 29.7 Å². The average Bonchev–Trinajstić information content (AvgIpc) is 3.87. The van der Waals surface area contributed by atoms with E-state index in [2.05, 4.69) is 54.3 Å². The van der Waals surface area contributed by atoms with Crippen LogP contribution in [0.25, 0.3) is 32.6 Å². The van der Waals surface area contributed by atoms with E-state index in [1.807, 2.05) is 42.4 Å². The summed E-state index contributed by atoms with van der Waals surface area (Å²) in [6.07, 6.45) is 6.04. The number of benzene rings is 2. The van der Waals surface area contributed by atoms with E-state index in [0.29, 0.717) is 37.1 Å². The highest BCUT2D eigenvalue weighted by atomic mass is 35.5. The van der Waals surface area contributed by atoms with Gasteiger partial charge in [-0.2, -0.15) is 0 Å². The van der Waals surface area contributed by atoms with Gasteiger partial charge in [0.25, 0.3) is 0 Å². The molecular formula is C39H39ClN6O3S. The second-order valence-corrected chi connectivity index (χ2v) is 15.7. The number of piperidine rings is 1. The summed E-state index contributed by atoms with van der Waals surface area (Å²) < 4.78 is 0. The number of hydrogen-bond acceptors (Lipinski definition) is 8. The monoisotopic (exact) mass is 706 g/mol. The first kappa shape index (κ1) is 33.0. The van der Waals surface area contributed by atoms with E-state index in [9.17, 15) is 14.7 Å². The number of rotatable bonds is 9. The molecule has 2 bridgehead atoms. The molecule has 3 aliphatic rings. The Balaban J connectivity index is 1.01. The van der Waals surface area contributed by atoms with Gasteiger partial charge in [0.15, 0.2) is 0 Å². The predicted molar refractivity (Wildman–Crippen MR) is 196 cm³/mol. The number of carboxylic acid groups (broad SMARTS) is 1. The molecule has 0 spiro atoms. The molecule has 5 heterocycles. The molecule has 9 nitrogen and oxygen atoms in total. The topological polar surface area (TPSA) is 103 Å². The molecule has 1 saturated heterocycles. The SMILES string of the molecule is Cc1c(-c2nc3c(s2)CN(C(=O)CN(C)C)C3)cccc1-c1cccc(Cc2nccc3cc(CN4CC5CC4CC5C(=O)O)cnc23)c1Cl. The molecule has 50 heavy (non-hydrogen) atoms. The number of carbonyl (C=O) groups excluding carboxylic acids is 1. The first-order chi connectivity index (χ1) is 24.1. The normalized spacial score (nSPS) is 19.9. The maximum atomic E-state index is 12.6. The summed E-state index contributed by atoms with van der Waals surface area (Å²) in [6, 6.07) is 17.0. The van der Waals surface area contributed by atoms with E-state index < -0.39 is 5.97 Å². The van der Waals surface area contributed by atoms with Gasteiger partial charge in [-0.3, -0.25) is 24.5 Å². The second-order valence-electron chi connectivity index (χ2n) is 14.2. The van der Waals surface area contributed by atoms with E-state index in [-0.39, 0.29) is 17.7 Å². The smallest absolute Gasteiger partial charge is 0.306 e. The standard InChI is InChI=1S/C39H39ClN6O3S/c1-22-28(7-5-8-29(22)38-43-33-19-46(20-34(33)50-38)35(47)21-44(2)3)30-9-4-6-24(36(30)40)14-32-37-25(10-11-41-32)12-23(16-42-37)17-45-18-26-13-27(45)15-31(26)39(48)49/h4-12,16,26-27,31H,13-15,17-21H2,1-3H3,(H,48,49). The van der Waals surface area contributed by atoms with Crippen LogP contribution in [0.4, 0.5) is 0 Å². The van der Waals surface area contributed by atoms with Gasteiger partial charge in [0.2, 0.25) is 5.91 Å². The Morgan fingerprint density at radius 2 is 1.84 bits per heavy atom. The zero-order chi connectivity index (χ0) is 34.7. The highest BCUT2D eigenvalue weighted by Gasteiger charge is 2.47. The van der Waals surface area contributed by atoms with Crippen LogP contribution in [0.2, 0.25) is 5.02 Å². The lowest BCUT2D eigenvalue weighted by Crippen LogP contribution is -2.37. The van der Waals surface area contributed by atoms with Crippen molar-refractivity contribution in [2.24, 2.45) is 11.8 Å². The molecule has 5 aromatic rings. The number of fused-ring (bicyclic) bond motifs is 4. The van der Waals surface area contributed by atoms with E-state index in [0.717, 1.165) is 91.5 Å². The largest absolute Gasteiger partial charge is 0.481 e. The maximum absolute atomic E-state index is 12.6. The van der Waals surface area contributed by atoms with E-state index >= 15 is 0 Å². The van der Waals surface area contributed by atoms with E-state index in [1.165, 1.54) is 0 Å². The third kappa shape index (κ3) is 6.08. The molecule has 1 N–H and O–H groups in total. The molecule has 2 fully saturated rings.